The van der Waals surface area contributed by atoms with E-state index in [0.717, 1.165) is 6.61 Å². The Balaban J connectivity index is 2.53. The van der Waals surface area contributed by atoms with E-state index in [1.807, 2.05) is 6.92 Å². The minimum absolute atomic E-state index is 0.706. The predicted molar refractivity (Wildman–Crippen MR) is 63.0 cm³/mol. The largest absolute Gasteiger partial charge is 0.377 e. The molecule has 0 atom stereocenters. The lowest BCUT2D eigenvalue weighted by Crippen LogP contribution is -1.90. The molecule has 0 unspecified atom stereocenters. The summed E-state index contributed by atoms with van der Waals surface area (Å²) in [6.45, 7) is 5.64. The normalized spacial score (nSPS) is 11.1. The SMILES string of the molecule is CCOCc1cn(C)c2c(C)cccc12. The maximum absolute atomic E-state index is 5.47. The third-order valence-corrected chi connectivity index (χ3v) is 2.75. The van der Waals surface area contributed by atoms with Crippen molar-refractivity contribution >= 4 is 10.9 Å². The van der Waals surface area contributed by atoms with Gasteiger partial charge in [0.1, 0.15) is 0 Å². The number of rotatable bonds is 3. The molecule has 0 bridgehead atoms. The number of fused-ring (bicyclic) bond motifs is 1. The average Bonchev–Trinajstić information content (AvgIpc) is 2.54. The molecule has 2 rings (SSSR count). The third kappa shape index (κ3) is 1.77. The lowest BCUT2D eigenvalue weighted by Gasteiger charge is -2.00. The van der Waals surface area contributed by atoms with E-state index >= 15 is 0 Å². The van der Waals surface area contributed by atoms with Gasteiger partial charge in [-0.15, -0.1) is 0 Å². The van der Waals surface area contributed by atoms with Gasteiger partial charge < -0.3 is 9.30 Å². The van der Waals surface area contributed by atoms with Crippen molar-refractivity contribution in [2.75, 3.05) is 6.61 Å². The summed E-state index contributed by atoms with van der Waals surface area (Å²) < 4.78 is 7.65. The topological polar surface area (TPSA) is 14.2 Å². The number of benzene rings is 1. The van der Waals surface area contributed by atoms with Crippen LogP contribution in [0.5, 0.6) is 0 Å². The molecule has 1 heterocycles. The molecule has 2 heteroatoms. The number of ether oxygens (including phenoxy) is 1. The highest BCUT2D eigenvalue weighted by Crippen LogP contribution is 2.23. The highest BCUT2D eigenvalue weighted by Gasteiger charge is 2.07. The smallest absolute Gasteiger partial charge is 0.0737 e. The van der Waals surface area contributed by atoms with E-state index in [-0.39, 0.29) is 0 Å². The Morgan fingerprint density at radius 2 is 2.13 bits per heavy atom. The summed E-state index contributed by atoms with van der Waals surface area (Å²) in [7, 11) is 2.09. The summed E-state index contributed by atoms with van der Waals surface area (Å²) >= 11 is 0. The molecule has 2 nitrogen and oxygen atoms in total. The van der Waals surface area contributed by atoms with Gasteiger partial charge in [-0.1, -0.05) is 18.2 Å². The fourth-order valence-corrected chi connectivity index (χ4v) is 2.08. The Morgan fingerprint density at radius 3 is 2.87 bits per heavy atom. The van der Waals surface area contributed by atoms with Crippen LogP contribution in [-0.4, -0.2) is 11.2 Å². The van der Waals surface area contributed by atoms with E-state index < -0.39 is 0 Å². The van der Waals surface area contributed by atoms with Crippen molar-refractivity contribution in [1.82, 2.24) is 4.57 Å². The summed E-state index contributed by atoms with van der Waals surface area (Å²) in [5.41, 5.74) is 3.91. The molecule has 0 spiro atoms. The third-order valence-electron chi connectivity index (χ3n) is 2.75. The minimum atomic E-state index is 0.706. The Morgan fingerprint density at radius 1 is 1.33 bits per heavy atom. The van der Waals surface area contributed by atoms with E-state index in [9.17, 15) is 0 Å². The number of hydrogen-bond acceptors (Lipinski definition) is 1. The lowest BCUT2D eigenvalue weighted by molar-refractivity contribution is 0.135. The second-order valence-electron chi connectivity index (χ2n) is 3.87. The highest BCUT2D eigenvalue weighted by atomic mass is 16.5. The van der Waals surface area contributed by atoms with Gasteiger partial charge in [0.25, 0.3) is 0 Å². The first-order valence-corrected chi connectivity index (χ1v) is 5.35. The van der Waals surface area contributed by atoms with Gasteiger partial charge in [0, 0.05) is 30.8 Å². The molecule has 0 fully saturated rings. The van der Waals surface area contributed by atoms with Gasteiger partial charge in [-0.2, -0.15) is 0 Å². The monoisotopic (exact) mass is 203 g/mol. The van der Waals surface area contributed by atoms with Gasteiger partial charge in [-0.05, 0) is 19.4 Å². The highest BCUT2D eigenvalue weighted by molar-refractivity contribution is 5.86. The number of aromatic nitrogens is 1. The number of nitrogens with zero attached hydrogens (tertiary/aromatic N) is 1. The maximum Gasteiger partial charge on any atom is 0.0737 e. The number of para-hydroxylation sites is 1. The molecule has 0 aliphatic rings. The van der Waals surface area contributed by atoms with Gasteiger partial charge in [0.2, 0.25) is 0 Å². The fourth-order valence-electron chi connectivity index (χ4n) is 2.08. The van der Waals surface area contributed by atoms with Gasteiger partial charge >= 0.3 is 0 Å². The van der Waals surface area contributed by atoms with Crippen LogP contribution in [0.3, 0.4) is 0 Å². The minimum Gasteiger partial charge on any atom is -0.377 e. The van der Waals surface area contributed by atoms with Crippen LogP contribution in [-0.2, 0) is 18.4 Å². The molecule has 2 aromatic rings. The second-order valence-corrected chi connectivity index (χ2v) is 3.87. The van der Waals surface area contributed by atoms with Crippen molar-refractivity contribution < 1.29 is 4.74 Å². The van der Waals surface area contributed by atoms with Crippen LogP contribution < -0.4 is 0 Å². The molecule has 0 radical (unpaired) electrons. The summed E-state index contributed by atoms with van der Waals surface area (Å²) in [6, 6.07) is 6.41. The van der Waals surface area contributed by atoms with E-state index in [2.05, 4.69) is 42.9 Å². The molecule has 0 saturated carbocycles. The van der Waals surface area contributed by atoms with Crippen LogP contribution in [0.4, 0.5) is 0 Å². The fraction of sp³-hybridized carbons (Fsp3) is 0.385. The summed E-state index contributed by atoms with van der Waals surface area (Å²) in [5.74, 6) is 0. The van der Waals surface area contributed by atoms with E-state index in [1.165, 1.54) is 22.0 Å². The Bertz CT molecular complexity index is 471. The first kappa shape index (κ1) is 10.2. The molecule has 1 aromatic carbocycles. The molecule has 0 saturated heterocycles. The number of aryl methyl sites for hydroxylation is 2. The Hall–Kier alpha value is -1.28. The lowest BCUT2D eigenvalue weighted by atomic mass is 10.1. The van der Waals surface area contributed by atoms with Crippen LogP contribution in [0.25, 0.3) is 10.9 Å². The van der Waals surface area contributed by atoms with Gasteiger partial charge in [-0.3, -0.25) is 0 Å². The first-order chi connectivity index (χ1) is 7.24. The zero-order valence-electron chi connectivity index (χ0n) is 9.58. The quantitative estimate of drug-likeness (QED) is 0.748. The standard InChI is InChI=1S/C13H17NO/c1-4-15-9-11-8-14(3)13-10(2)6-5-7-12(11)13/h5-8H,4,9H2,1-3H3. The molecule has 0 N–H and O–H groups in total. The van der Waals surface area contributed by atoms with E-state index in [0.29, 0.717) is 6.61 Å². The van der Waals surface area contributed by atoms with Crippen molar-refractivity contribution in [1.29, 1.82) is 0 Å². The van der Waals surface area contributed by atoms with Crippen LogP contribution in [0.1, 0.15) is 18.1 Å². The molecule has 0 amide bonds. The predicted octanol–water partition coefficient (Wildman–Crippen LogP) is 3.02. The number of hydrogen-bond donors (Lipinski definition) is 0. The van der Waals surface area contributed by atoms with Gasteiger partial charge in [0.05, 0.1) is 12.1 Å². The summed E-state index contributed by atoms with van der Waals surface area (Å²) in [6.07, 6.45) is 2.16. The second kappa shape index (κ2) is 4.07. The Kier molecular flexibility index (Phi) is 2.78. The molecular weight excluding hydrogens is 186 g/mol. The molecule has 0 aliphatic carbocycles. The molecular formula is C13H17NO. The van der Waals surface area contributed by atoms with Gasteiger partial charge in [0.15, 0.2) is 0 Å². The van der Waals surface area contributed by atoms with Crippen molar-refractivity contribution in [3.63, 3.8) is 0 Å². The van der Waals surface area contributed by atoms with Crippen molar-refractivity contribution in [2.45, 2.75) is 20.5 Å². The van der Waals surface area contributed by atoms with Crippen molar-refractivity contribution in [2.24, 2.45) is 7.05 Å². The van der Waals surface area contributed by atoms with Crippen LogP contribution in [0.15, 0.2) is 24.4 Å². The summed E-state index contributed by atoms with van der Waals surface area (Å²) in [4.78, 5) is 0. The summed E-state index contributed by atoms with van der Waals surface area (Å²) in [5, 5.41) is 1.31. The van der Waals surface area contributed by atoms with Crippen LogP contribution >= 0.6 is 0 Å². The van der Waals surface area contributed by atoms with Crippen LogP contribution in [0.2, 0.25) is 0 Å². The average molecular weight is 203 g/mol. The van der Waals surface area contributed by atoms with E-state index in [1.54, 1.807) is 0 Å². The van der Waals surface area contributed by atoms with Crippen molar-refractivity contribution in [3.05, 3.63) is 35.5 Å². The first-order valence-electron chi connectivity index (χ1n) is 5.35. The van der Waals surface area contributed by atoms with Crippen LogP contribution in [0, 0.1) is 6.92 Å². The zero-order valence-corrected chi connectivity index (χ0v) is 9.58. The molecule has 80 valence electrons. The molecule has 0 aliphatic heterocycles. The maximum atomic E-state index is 5.47. The molecule has 1 aromatic heterocycles. The van der Waals surface area contributed by atoms with Gasteiger partial charge in [-0.25, -0.2) is 0 Å². The zero-order chi connectivity index (χ0) is 10.8. The Labute approximate surface area is 90.5 Å². The van der Waals surface area contributed by atoms with E-state index in [4.69, 9.17) is 4.74 Å². The van der Waals surface area contributed by atoms with Crippen molar-refractivity contribution in [3.8, 4) is 0 Å². The molecule has 15 heavy (non-hydrogen) atoms.